The third-order valence-electron chi connectivity index (χ3n) is 2.25. The Morgan fingerprint density at radius 1 is 1.53 bits per heavy atom. The average molecular weight is 203 g/mol. The van der Waals surface area contributed by atoms with Crippen LogP contribution in [0.3, 0.4) is 0 Å². The van der Waals surface area contributed by atoms with E-state index < -0.39 is 0 Å². The lowest BCUT2D eigenvalue weighted by molar-refractivity contribution is 0.643. The smallest absolute Gasteiger partial charge is 0.142 e. The van der Waals surface area contributed by atoms with Crippen LogP contribution >= 0.6 is 0 Å². The molecule has 1 unspecified atom stereocenters. The van der Waals surface area contributed by atoms with Crippen LogP contribution < -0.4 is 5.32 Å². The van der Waals surface area contributed by atoms with Gasteiger partial charge in [0.05, 0.1) is 0 Å². The number of aromatic nitrogens is 1. The zero-order valence-corrected chi connectivity index (χ0v) is 9.33. The highest BCUT2D eigenvalue weighted by Gasteiger charge is 2.02. The molecule has 0 aromatic carbocycles. The summed E-state index contributed by atoms with van der Waals surface area (Å²) in [7, 11) is 0. The zero-order valence-electron chi connectivity index (χ0n) is 9.33. The molecule has 3 heteroatoms. The molecule has 1 aromatic heterocycles. The highest BCUT2D eigenvalue weighted by Crippen LogP contribution is 2.09. The van der Waals surface area contributed by atoms with Gasteiger partial charge in [-0.05, 0) is 25.5 Å². The van der Waals surface area contributed by atoms with Crippen LogP contribution in [0.15, 0.2) is 18.2 Å². The summed E-state index contributed by atoms with van der Waals surface area (Å²) in [5, 5.41) is 12.0. The zero-order chi connectivity index (χ0) is 11.1. The van der Waals surface area contributed by atoms with E-state index in [-0.39, 0.29) is 0 Å². The number of hydrogen-bond acceptors (Lipinski definition) is 3. The predicted molar refractivity (Wildman–Crippen MR) is 61.6 cm³/mol. The van der Waals surface area contributed by atoms with Crippen LogP contribution in [0.1, 0.15) is 38.8 Å². The van der Waals surface area contributed by atoms with Crippen molar-refractivity contribution in [2.45, 2.75) is 39.2 Å². The van der Waals surface area contributed by atoms with Crippen molar-refractivity contribution < 1.29 is 0 Å². The van der Waals surface area contributed by atoms with Gasteiger partial charge < -0.3 is 5.32 Å². The standard InChI is InChI=1S/C12H17N3/c1-3-4-6-10(2)14-12-8-5-7-11(9-13)15-12/h5,7-8,10H,3-4,6H2,1-2H3,(H,14,15). The van der Waals surface area contributed by atoms with E-state index in [4.69, 9.17) is 5.26 Å². The molecule has 0 aliphatic carbocycles. The van der Waals surface area contributed by atoms with Crippen LogP contribution in [0.2, 0.25) is 0 Å². The maximum Gasteiger partial charge on any atom is 0.142 e. The molecule has 0 radical (unpaired) electrons. The quantitative estimate of drug-likeness (QED) is 0.800. The van der Waals surface area contributed by atoms with Crippen LogP contribution in [0.25, 0.3) is 0 Å². The number of rotatable bonds is 5. The third kappa shape index (κ3) is 3.99. The molecule has 1 N–H and O–H groups in total. The van der Waals surface area contributed by atoms with Gasteiger partial charge in [0.15, 0.2) is 0 Å². The Morgan fingerprint density at radius 2 is 2.33 bits per heavy atom. The number of nitrogens with one attached hydrogen (secondary N) is 1. The van der Waals surface area contributed by atoms with Gasteiger partial charge in [0, 0.05) is 6.04 Å². The molecule has 80 valence electrons. The summed E-state index contributed by atoms with van der Waals surface area (Å²) in [5.41, 5.74) is 0.461. The van der Waals surface area contributed by atoms with Gasteiger partial charge in [-0.25, -0.2) is 4.98 Å². The molecule has 0 aliphatic rings. The fourth-order valence-corrected chi connectivity index (χ4v) is 1.41. The molecule has 0 spiro atoms. The van der Waals surface area contributed by atoms with E-state index >= 15 is 0 Å². The van der Waals surface area contributed by atoms with Gasteiger partial charge >= 0.3 is 0 Å². The highest BCUT2D eigenvalue weighted by atomic mass is 15.0. The Morgan fingerprint density at radius 3 is 3.00 bits per heavy atom. The van der Waals surface area contributed by atoms with Crippen LogP contribution in [0.4, 0.5) is 5.82 Å². The molecule has 0 fully saturated rings. The molecule has 0 amide bonds. The summed E-state index contributed by atoms with van der Waals surface area (Å²) in [6.07, 6.45) is 3.55. The van der Waals surface area contributed by atoms with Gasteiger partial charge in [0.25, 0.3) is 0 Å². The van der Waals surface area contributed by atoms with Crippen LogP contribution in [0.5, 0.6) is 0 Å². The van der Waals surface area contributed by atoms with Crippen LogP contribution in [-0.2, 0) is 0 Å². The lowest BCUT2D eigenvalue weighted by Gasteiger charge is -2.13. The molecular formula is C12H17N3. The minimum atomic E-state index is 0.409. The fraction of sp³-hybridized carbons (Fsp3) is 0.500. The highest BCUT2D eigenvalue weighted by molar-refractivity contribution is 5.38. The Labute approximate surface area is 91.1 Å². The van der Waals surface area contributed by atoms with Crippen LogP contribution in [0, 0.1) is 11.3 Å². The molecular weight excluding hydrogens is 186 g/mol. The van der Waals surface area contributed by atoms with Crippen molar-refractivity contribution >= 4 is 5.82 Å². The van der Waals surface area contributed by atoms with E-state index in [1.807, 2.05) is 18.2 Å². The largest absolute Gasteiger partial charge is 0.368 e. The summed E-state index contributed by atoms with van der Waals surface area (Å²) in [6, 6.07) is 7.89. The SMILES string of the molecule is CCCCC(C)Nc1cccc(C#N)n1. The molecule has 0 bridgehead atoms. The molecule has 1 aromatic rings. The molecule has 1 rings (SSSR count). The second-order valence-electron chi connectivity index (χ2n) is 3.71. The minimum absolute atomic E-state index is 0.409. The number of unbranched alkanes of at least 4 members (excludes halogenated alkanes) is 1. The maximum absolute atomic E-state index is 8.70. The van der Waals surface area contributed by atoms with E-state index in [9.17, 15) is 0 Å². The van der Waals surface area contributed by atoms with Crippen molar-refractivity contribution in [2.75, 3.05) is 5.32 Å². The summed E-state index contributed by atoms with van der Waals surface area (Å²) in [5.74, 6) is 0.789. The summed E-state index contributed by atoms with van der Waals surface area (Å²) in [4.78, 5) is 4.17. The number of anilines is 1. The van der Waals surface area contributed by atoms with Crippen molar-refractivity contribution in [1.82, 2.24) is 4.98 Å². The van der Waals surface area contributed by atoms with Crippen molar-refractivity contribution in [3.05, 3.63) is 23.9 Å². The number of pyridine rings is 1. The maximum atomic E-state index is 8.70. The van der Waals surface area contributed by atoms with E-state index in [1.165, 1.54) is 12.8 Å². The summed E-state index contributed by atoms with van der Waals surface area (Å²) < 4.78 is 0. The van der Waals surface area contributed by atoms with E-state index in [0.29, 0.717) is 11.7 Å². The first-order chi connectivity index (χ1) is 7.26. The van der Waals surface area contributed by atoms with Gasteiger partial charge in [-0.15, -0.1) is 0 Å². The average Bonchev–Trinajstić information content (AvgIpc) is 2.26. The first-order valence-electron chi connectivity index (χ1n) is 5.40. The van der Waals surface area contributed by atoms with Crippen molar-refractivity contribution in [3.63, 3.8) is 0 Å². The number of nitriles is 1. The summed E-state index contributed by atoms with van der Waals surface area (Å²) >= 11 is 0. The van der Waals surface area contributed by atoms with Gasteiger partial charge in [-0.3, -0.25) is 0 Å². The second kappa shape index (κ2) is 6.02. The first-order valence-corrected chi connectivity index (χ1v) is 5.40. The normalized spacial score (nSPS) is 11.8. The van der Waals surface area contributed by atoms with E-state index in [1.54, 1.807) is 6.07 Å². The molecule has 0 saturated heterocycles. The Kier molecular flexibility index (Phi) is 4.62. The molecule has 1 atom stereocenters. The monoisotopic (exact) mass is 203 g/mol. The summed E-state index contributed by atoms with van der Waals surface area (Å²) in [6.45, 7) is 4.32. The Balaban J connectivity index is 2.53. The first kappa shape index (κ1) is 11.5. The van der Waals surface area contributed by atoms with Crippen molar-refractivity contribution in [2.24, 2.45) is 0 Å². The van der Waals surface area contributed by atoms with E-state index in [2.05, 4.69) is 24.1 Å². The topological polar surface area (TPSA) is 48.7 Å². The van der Waals surface area contributed by atoms with Gasteiger partial charge in [-0.1, -0.05) is 25.8 Å². The molecule has 3 nitrogen and oxygen atoms in total. The number of nitrogens with zero attached hydrogens (tertiary/aromatic N) is 2. The fourth-order valence-electron chi connectivity index (χ4n) is 1.41. The lowest BCUT2D eigenvalue weighted by atomic mass is 10.1. The predicted octanol–water partition coefficient (Wildman–Crippen LogP) is 2.94. The minimum Gasteiger partial charge on any atom is -0.368 e. The molecule has 0 aliphatic heterocycles. The Bertz CT molecular complexity index is 341. The molecule has 15 heavy (non-hydrogen) atoms. The van der Waals surface area contributed by atoms with Crippen LogP contribution in [-0.4, -0.2) is 11.0 Å². The van der Waals surface area contributed by atoms with Crippen molar-refractivity contribution in [1.29, 1.82) is 5.26 Å². The number of hydrogen-bond donors (Lipinski definition) is 1. The van der Waals surface area contributed by atoms with Gasteiger partial charge in [0.2, 0.25) is 0 Å². The van der Waals surface area contributed by atoms with Gasteiger partial charge in [-0.2, -0.15) is 5.26 Å². The van der Waals surface area contributed by atoms with Gasteiger partial charge in [0.1, 0.15) is 17.6 Å². The van der Waals surface area contributed by atoms with E-state index in [0.717, 1.165) is 12.2 Å². The lowest BCUT2D eigenvalue weighted by Crippen LogP contribution is -2.15. The van der Waals surface area contributed by atoms with Crippen molar-refractivity contribution in [3.8, 4) is 6.07 Å². The molecule has 0 saturated carbocycles. The third-order valence-corrected chi connectivity index (χ3v) is 2.25. The second-order valence-corrected chi connectivity index (χ2v) is 3.71. The molecule has 1 heterocycles. The Hall–Kier alpha value is -1.56.